The molecule has 0 radical (unpaired) electrons. The molecule has 0 unspecified atom stereocenters. The number of aliphatic imine (C=N–C) groups is 1. The molecule has 1 aromatic heterocycles. The molecule has 0 atom stereocenters. The second kappa shape index (κ2) is 3.07. The van der Waals surface area contributed by atoms with E-state index in [0.29, 0.717) is 6.67 Å². The van der Waals surface area contributed by atoms with Crippen molar-refractivity contribution >= 4 is 33.7 Å². The molecule has 0 amide bonds. The maximum absolute atomic E-state index is 4.30. The van der Waals surface area contributed by atoms with Crippen molar-refractivity contribution < 1.29 is 0 Å². The number of imidazole rings is 1. The maximum atomic E-state index is 4.30. The van der Waals surface area contributed by atoms with Gasteiger partial charge in [-0.25, -0.2) is 4.98 Å². The Labute approximate surface area is 97.4 Å². The van der Waals surface area contributed by atoms with Gasteiger partial charge in [-0.3, -0.25) is 4.99 Å². The average molecular weight is 222 g/mol. The first-order chi connectivity index (χ1) is 8.42. The standard InChI is InChI=1S/C13H10N4/c1-2-9-5-14-6-17-13(9)10-4-12-11(3-8(1)10)15-7-16-12/h1-5,7,17H,6H2,(H,15,16). The Hall–Kier alpha value is -2.36. The highest BCUT2D eigenvalue weighted by atomic mass is 15.0. The number of hydrogen-bond acceptors (Lipinski definition) is 3. The van der Waals surface area contributed by atoms with Crippen LogP contribution in [-0.2, 0) is 0 Å². The first-order valence-corrected chi connectivity index (χ1v) is 5.55. The number of aromatic nitrogens is 2. The van der Waals surface area contributed by atoms with Crippen LogP contribution in [0.25, 0.3) is 21.8 Å². The molecule has 1 aliphatic rings. The highest BCUT2D eigenvalue weighted by Crippen LogP contribution is 2.30. The van der Waals surface area contributed by atoms with Crippen molar-refractivity contribution in [1.29, 1.82) is 0 Å². The van der Waals surface area contributed by atoms with Crippen LogP contribution in [0.3, 0.4) is 0 Å². The minimum Gasteiger partial charge on any atom is -0.365 e. The van der Waals surface area contributed by atoms with Crippen molar-refractivity contribution in [3.8, 4) is 0 Å². The fourth-order valence-corrected chi connectivity index (χ4v) is 2.35. The van der Waals surface area contributed by atoms with Gasteiger partial charge in [0.1, 0.15) is 6.67 Å². The van der Waals surface area contributed by atoms with E-state index in [1.807, 2.05) is 6.21 Å². The van der Waals surface area contributed by atoms with E-state index in [-0.39, 0.29) is 0 Å². The lowest BCUT2D eigenvalue weighted by molar-refractivity contribution is 1.13. The van der Waals surface area contributed by atoms with Crippen molar-refractivity contribution in [2.45, 2.75) is 0 Å². The molecule has 2 aromatic carbocycles. The number of hydrogen-bond donors (Lipinski definition) is 2. The Balaban J connectivity index is 2.17. The Kier molecular flexibility index (Phi) is 1.58. The summed E-state index contributed by atoms with van der Waals surface area (Å²) in [4.78, 5) is 11.7. The molecule has 0 saturated carbocycles. The van der Waals surface area contributed by atoms with Gasteiger partial charge in [-0.15, -0.1) is 0 Å². The van der Waals surface area contributed by atoms with Crippen LogP contribution in [0.4, 0.5) is 5.69 Å². The minimum atomic E-state index is 0.644. The molecule has 0 fully saturated rings. The molecule has 17 heavy (non-hydrogen) atoms. The lowest BCUT2D eigenvalue weighted by atomic mass is 10.0. The summed E-state index contributed by atoms with van der Waals surface area (Å²) >= 11 is 0. The molecule has 82 valence electrons. The highest BCUT2D eigenvalue weighted by Gasteiger charge is 2.10. The number of fused-ring (bicyclic) bond motifs is 4. The SMILES string of the molecule is C1=NCNc2c1ccc1cc3[nH]cnc3cc21. The molecule has 0 spiro atoms. The first kappa shape index (κ1) is 8.75. The molecule has 4 heteroatoms. The van der Waals surface area contributed by atoms with E-state index in [1.165, 1.54) is 10.8 Å². The Morgan fingerprint density at radius 1 is 1.18 bits per heavy atom. The van der Waals surface area contributed by atoms with Crippen LogP contribution >= 0.6 is 0 Å². The van der Waals surface area contributed by atoms with Crippen LogP contribution in [0, 0.1) is 0 Å². The van der Waals surface area contributed by atoms with Gasteiger partial charge in [0.15, 0.2) is 0 Å². The molecule has 3 aromatic rings. The van der Waals surface area contributed by atoms with E-state index in [4.69, 9.17) is 0 Å². The summed E-state index contributed by atoms with van der Waals surface area (Å²) < 4.78 is 0. The summed E-state index contributed by atoms with van der Waals surface area (Å²) in [6.45, 7) is 0.644. The van der Waals surface area contributed by atoms with Crippen LogP contribution in [0.5, 0.6) is 0 Å². The van der Waals surface area contributed by atoms with Gasteiger partial charge in [-0.05, 0) is 17.5 Å². The third-order valence-corrected chi connectivity index (χ3v) is 3.17. The third-order valence-electron chi connectivity index (χ3n) is 3.17. The Morgan fingerprint density at radius 3 is 3.18 bits per heavy atom. The monoisotopic (exact) mass is 222 g/mol. The molecule has 1 aliphatic heterocycles. The Bertz CT molecular complexity index is 755. The lowest BCUT2D eigenvalue weighted by Crippen LogP contribution is -2.07. The summed E-state index contributed by atoms with van der Waals surface area (Å²) in [5.74, 6) is 0. The van der Waals surface area contributed by atoms with Gasteiger partial charge in [0.25, 0.3) is 0 Å². The summed E-state index contributed by atoms with van der Waals surface area (Å²) in [6, 6.07) is 8.46. The molecule has 4 rings (SSSR count). The second-order valence-electron chi connectivity index (χ2n) is 4.17. The molecule has 2 heterocycles. The van der Waals surface area contributed by atoms with Gasteiger partial charge in [-0.2, -0.15) is 0 Å². The lowest BCUT2D eigenvalue weighted by Gasteiger charge is -2.15. The molecule has 4 nitrogen and oxygen atoms in total. The first-order valence-electron chi connectivity index (χ1n) is 5.55. The van der Waals surface area contributed by atoms with Crippen LogP contribution < -0.4 is 5.32 Å². The van der Waals surface area contributed by atoms with Crippen molar-refractivity contribution in [3.63, 3.8) is 0 Å². The zero-order valence-corrected chi connectivity index (χ0v) is 9.07. The zero-order valence-electron chi connectivity index (χ0n) is 9.07. The van der Waals surface area contributed by atoms with Crippen molar-refractivity contribution in [3.05, 3.63) is 36.2 Å². The van der Waals surface area contributed by atoms with Gasteiger partial charge in [0.2, 0.25) is 0 Å². The maximum Gasteiger partial charge on any atom is 0.107 e. The normalized spacial score (nSPS) is 13.9. The van der Waals surface area contributed by atoms with Gasteiger partial charge >= 0.3 is 0 Å². The molecule has 0 saturated heterocycles. The van der Waals surface area contributed by atoms with E-state index in [9.17, 15) is 0 Å². The van der Waals surface area contributed by atoms with Crippen molar-refractivity contribution in [1.82, 2.24) is 9.97 Å². The molecular formula is C13H10N4. The van der Waals surface area contributed by atoms with Gasteiger partial charge < -0.3 is 10.3 Å². The van der Waals surface area contributed by atoms with E-state index in [0.717, 1.165) is 22.3 Å². The molecule has 0 aliphatic carbocycles. The third kappa shape index (κ3) is 1.18. The summed E-state index contributed by atoms with van der Waals surface area (Å²) in [5.41, 5.74) is 4.36. The van der Waals surface area contributed by atoms with Crippen LogP contribution in [0.1, 0.15) is 5.56 Å². The van der Waals surface area contributed by atoms with E-state index >= 15 is 0 Å². The highest BCUT2D eigenvalue weighted by molar-refractivity contribution is 6.07. The minimum absolute atomic E-state index is 0.644. The number of aromatic amines is 1. The van der Waals surface area contributed by atoms with E-state index in [1.54, 1.807) is 6.33 Å². The topological polar surface area (TPSA) is 53.1 Å². The summed E-state index contributed by atoms with van der Waals surface area (Å²) in [7, 11) is 0. The smallest absolute Gasteiger partial charge is 0.107 e. The second-order valence-corrected chi connectivity index (χ2v) is 4.17. The van der Waals surface area contributed by atoms with Crippen molar-refractivity contribution in [2.24, 2.45) is 4.99 Å². The predicted molar refractivity (Wildman–Crippen MR) is 69.7 cm³/mol. The predicted octanol–water partition coefficient (Wildman–Crippen LogP) is 2.52. The molecular weight excluding hydrogens is 212 g/mol. The van der Waals surface area contributed by atoms with Crippen LogP contribution in [0.2, 0.25) is 0 Å². The van der Waals surface area contributed by atoms with E-state index < -0.39 is 0 Å². The number of rotatable bonds is 0. The summed E-state index contributed by atoms with van der Waals surface area (Å²) in [5, 5.41) is 5.74. The largest absolute Gasteiger partial charge is 0.365 e. The van der Waals surface area contributed by atoms with Crippen LogP contribution in [-0.4, -0.2) is 22.9 Å². The average Bonchev–Trinajstić information content (AvgIpc) is 2.83. The summed E-state index contributed by atoms with van der Waals surface area (Å²) in [6.07, 6.45) is 3.64. The molecule has 0 bridgehead atoms. The van der Waals surface area contributed by atoms with Gasteiger partial charge in [-0.1, -0.05) is 12.1 Å². The molecule has 2 N–H and O–H groups in total. The zero-order chi connectivity index (χ0) is 11.2. The fourth-order valence-electron chi connectivity index (χ4n) is 2.35. The quantitative estimate of drug-likeness (QED) is 0.614. The Morgan fingerprint density at radius 2 is 2.18 bits per heavy atom. The number of H-pyrrole nitrogens is 1. The van der Waals surface area contributed by atoms with Crippen LogP contribution in [0.15, 0.2) is 35.6 Å². The number of nitrogens with one attached hydrogen (secondary N) is 2. The number of nitrogens with zero attached hydrogens (tertiary/aromatic N) is 2. The van der Waals surface area contributed by atoms with Gasteiger partial charge in [0.05, 0.1) is 23.0 Å². The van der Waals surface area contributed by atoms with Crippen molar-refractivity contribution in [2.75, 3.05) is 12.0 Å². The fraction of sp³-hybridized carbons (Fsp3) is 0.0769. The number of benzene rings is 2. The van der Waals surface area contributed by atoms with E-state index in [2.05, 4.69) is 44.5 Å². The van der Waals surface area contributed by atoms with Gasteiger partial charge in [0, 0.05) is 17.2 Å². The number of anilines is 1.